The lowest BCUT2D eigenvalue weighted by atomic mass is 10.1. The number of methoxy groups -OCH3 is 2. The number of hydrogen-bond acceptors (Lipinski definition) is 4. The quantitative estimate of drug-likeness (QED) is 0.843. The van der Waals surface area contributed by atoms with Crippen LogP contribution in [0.15, 0.2) is 12.1 Å². The Morgan fingerprint density at radius 3 is 2.47 bits per heavy atom. The van der Waals surface area contributed by atoms with Crippen molar-refractivity contribution in [2.45, 2.75) is 19.9 Å². The van der Waals surface area contributed by atoms with Gasteiger partial charge in [0.1, 0.15) is 5.75 Å². The molecule has 1 aromatic rings. The van der Waals surface area contributed by atoms with Crippen molar-refractivity contribution in [3.63, 3.8) is 0 Å². The van der Waals surface area contributed by atoms with E-state index < -0.39 is 5.97 Å². The summed E-state index contributed by atoms with van der Waals surface area (Å²) in [6.07, 6.45) is 0. The largest absolute Gasteiger partial charge is 0.495 e. The van der Waals surface area contributed by atoms with Gasteiger partial charge in [0, 0.05) is 6.04 Å². The summed E-state index contributed by atoms with van der Waals surface area (Å²) in [5, 5.41) is 3.60. The van der Waals surface area contributed by atoms with E-state index in [1.807, 2.05) is 13.8 Å². The number of carbonyl (C=O) groups excluding carboxylic acids is 1. The molecular formula is C12H16ClNO3. The summed E-state index contributed by atoms with van der Waals surface area (Å²) in [7, 11) is 2.85. The predicted molar refractivity (Wildman–Crippen MR) is 68.1 cm³/mol. The molecule has 1 rings (SSSR count). The highest BCUT2D eigenvalue weighted by Crippen LogP contribution is 2.34. The lowest BCUT2D eigenvalue weighted by Gasteiger charge is -2.16. The lowest BCUT2D eigenvalue weighted by Crippen LogP contribution is -2.12. The van der Waals surface area contributed by atoms with Crippen molar-refractivity contribution in [1.82, 2.24) is 0 Å². The summed E-state index contributed by atoms with van der Waals surface area (Å²) in [5.41, 5.74) is 1.04. The van der Waals surface area contributed by atoms with Gasteiger partial charge in [-0.05, 0) is 26.0 Å². The van der Waals surface area contributed by atoms with Crippen molar-refractivity contribution >= 4 is 23.3 Å². The first kappa shape index (κ1) is 13.6. The fourth-order valence-electron chi connectivity index (χ4n) is 1.41. The Bertz CT molecular complexity index is 418. The van der Waals surface area contributed by atoms with Gasteiger partial charge in [0.2, 0.25) is 0 Å². The Hall–Kier alpha value is -1.42. The standard InChI is InChI=1S/C12H16ClNO3/c1-7(2)14-11-9(13)5-8(12(15)17-4)6-10(11)16-3/h5-7,14H,1-4H3. The molecule has 0 bridgehead atoms. The van der Waals surface area contributed by atoms with Crippen LogP contribution in [0.1, 0.15) is 24.2 Å². The molecule has 4 nitrogen and oxygen atoms in total. The molecule has 0 spiro atoms. The van der Waals surface area contributed by atoms with E-state index in [2.05, 4.69) is 10.1 Å². The normalized spacial score (nSPS) is 10.2. The smallest absolute Gasteiger partial charge is 0.338 e. The number of nitrogens with one attached hydrogen (secondary N) is 1. The average molecular weight is 258 g/mol. The van der Waals surface area contributed by atoms with Crippen LogP contribution in [-0.2, 0) is 4.74 Å². The number of ether oxygens (including phenoxy) is 2. The molecule has 1 aromatic carbocycles. The van der Waals surface area contributed by atoms with Gasteiger partial charge in [-0.15, -0.1) is 0 Å². The summed E-state index contributed by atoms with van der Waals surface area (Å²) in [6, 6.07) is 3.37. The molecule has 5 heteroatoms. The maximum absolute atomic E-state index is 11.4. The molecule has 17 heavy (non-hydrogen) atoms. The molecule has 0 aliphatic carbocycles. The van der Waals surface area contributed by atoms with Gasteiger partial charge in [-0.25, -0.2) is 4.79 Å². The number of carbonyl (C=O) groups is 1. The molecule has 0 radical (unpaired) electrons. The summed E-state index contributed by atoms with van der Waals surface area (Å²) >= 11 is 6.11. The van der Waals surface area contributed by atoms with Crippen molar-refractivity contribution in [3.8, 4) is 5.75 Å². The number of anilines is 1. The van der Waals surface area contributed by atoms with E-state index in [9.17, 15) is 4.79 Å². The average Bonchev–Trinajstić information content (AvgIpc) is 2.29. The molecular weight excluding hydrogens is 242 g/mol. The minimum absolute atomic E-state index is 0.213. The van der Waals surface area contributed by atoms with Crippen molar-refractivity contribution < 1.29 is 14.3 Å². The zero-order valence-corrected chi connectivity index (χ0v) is 11.1. The van der Waals surface area contributed by atoms with Crippen LogP contribution in [0, 0.1) is 0 Å². The molecule has 0 saturated carbocycles. The van der Waals surface area contributed by atoms with Gasteiger partial charge >= 0.3 is 5.97 Å². The first-order chi connectivity index (χ1) is 7.99. The van der Waals surface area contributed by atoms with E-state index >= 15 is 0 Å². The number of rotatable bonds is 4. The van der Waals surface area contributed by atoms with Crippen molar-refractivity contribution in [2.75, 3.05) is 19.5 Å². The third-order valence-electron chi connectivity index (χ3n) is 2.13. The second kappa shape index (κ2) is 5.77. The minimum atomic E-state index is -0.443. The molecule has 0 aromatic heterocycles. The fraction of sp³-hybridized carbons (Fsp3) is 0.417. The number of esters is 1. The van der Waals surface area contributed by atoms with Crippen LogP contribution in [0.2, 0.25) is 5.02 Å². The molecule has 1 N–H and O–H groups in total. The van der Waals surface area contributed by atoms with Gasteiger partial charge in [-0.3, -0.25) is 0 Å². The zero-order valence-electron chi connectivity index (χ0n) is 10.3. The number of halogens is 1. The third-order valence-corrected chi connectivity index (χ3v) is 2.43. The third kappa shape index (κ3) is 3.27. The molecule has 0 aliphatic heterocycles. The van der Waals surface area contributed by atoms with Gasteiger partial charge in [0.05, 0.1) is 30.5 Å². The van der Waals surface area contributed by atoms with E-state index in [1.165, 1.54) is 14.2 Å². The molecule has 0 unspecified atom stereocenters. The van der Waals surface area contributed by atoms with Crippen LogP contribution < -0.4 is 10.1 Å². The van der Waals surface area contributed by atoms with Crippen LogP contribution >= 0.6 is 11.6 Å². The fourth-order valence-corrected chi connectivity index (χ4v) is 1.67. The number of hydrogen-bond donors (Lipinski definition) is 1. The van der Waals surface area contributed by atoms with E-state index in [4.69, 9.17) is 16.3 Å². The van der Waals surface area contributed by atoms with Crippen LogP contribution in [-0.4, -0.2) is 26.2 Å². The summed E-state index contributed by atoms with van der Waals surface area (Å²) in [6.45, 7) is 3.98. The first-order valence-corrected chi connectivity index (χ1v) is 5.59. The molecule has 0 fully saturated rings. The summed E-state index contributed by atoms with van der Waals surface area (Å²) in [4.78, 5) is 11.4. The van der Waals surface area contributed by atoms with Crippen molar-refractivity contribution in [3.05, 3.63) is 22.7 Å². The second-order valence-electron chi connectivity index (χ2n) is 3.83. The van der Waals surface area contributed by atoms with Gasteiger partial charge < -0.3 is 14.8 Å². The Labute approximate surface area is 106 Å². The van der Waals surface area contributed by atoms with E-state index in [-0.39, 0.29) is 6.04 Å². The maximum atomic E-state index is 11.4. The Morgan fingerprint density at radius 2 is 2.00 bits per heavy atom. The molecule has 94 valence electrons. The maximum Gasteiger partial charge on any atom is 0.338 e. The Balaban J connectivity index is 3.20. The SMILES string of the molecule is COC(=O)c1cc(Cl)c(NC(C)C)c(OC)c1. The van der Waals surface area contributed by atoms with Crippen LogP contribution in [0.25, 0.3) is 0 Å². The topological polar surface area (TPSA) is 47.6 Å². The lowest BCUT2D eigenvalue weighted by molar-refractivity contribution is 0.0600. The van der Waals surface area contributed by atoms with E-state index in [1.54, 1.807) is 12.1 Å². The van der Waals surface area contributed by atoms with E-state index in [0.717, 1.165) is 0 Å². The summed E-state index contributed by atoms with van der Waals surface area (Å²) in [5.74, 6) is 0.0768. The van der Waals surface area contributed by atoms with Crippen LogP contribution in [0.4, 0.5) is 5.69 Å². The molecule has 0 atom stereocenters. The van der Waals surface area contributed by atoms with E-state index in [0.29, 0.717) is 22.0 Å². The minimum Gasteiger partial charge on any atom is -0.495 e. The monoisotopic (exact) mass is 257 g/mol. The van der Waals surface area contributed by atoms with Crippen molar-refractivity contribution in [2.24, 2.45) is 0 Å². The van der Waals surface area contributed by atoms with Gasteiger partial charge in [-0.2, -0.15) is 0 Å². The van der Waals surface area contributed by atoms with Gasteiger partial charge in [0.15, 0.2) is 0 Å². The molecule has 0 aliphatic rings. The molecule has 0 heterocycles. The highest BCUT2D eigenvalue weighted by molar-refractivity contribution is 6.34. The van der Waals surface area contributed by atoms with Crippen LogP contribution in [0.5, 0.6) is 5.75 Å². The van der Waals surface area contributed by atoms with Gasteiger partial charge in [-0.1, -0.05) is 11.6 Å². The highest BCUT2D eigenvalue weighted by Gasteiger charge is 2.15. The molecule has 0 amide bonds. The predicted octanol–water partition coefficient (Wildman–Crippen LogP) is 2.96. The Morgan fingerprint density at radius 1 is 1.35 bits per heavy atom. The van der Waals surface area contributed by atoms with Gasteiger partial charge in [0.25, 0.3) is 0 Å². The summed E-state index contributed by atoms with van der Waals surface area (Å²) < 4.78 is 9.85. The Kier molecular flexibility index (Phi) is 4.63. The second-order valence-corrected chi connectivity index (χ2v) is 4.23. The number of benzene rings is 1. The molecule has 0 saturated heterocycles. The van der Waals surface area contributed by atoms with Crippen molar-refractivity contribution in [1.29, 1.82) is 0 Å². The highest BCUT2D eigenvalue weighted by atomic mass is 35.5. The van der Waals surface area contributed by atoms with Crippen LogP contribution in [0.3, 0.4) is 0 Å². The zero-order chi connectivity index (χ0) is 13.0. The first-order valence-electron chi connectivity index (χ1n) is 5.22.